The molecule has 0 aliphatic carbocycles. The summed E-state index contributed by atoms with van der Waals surface area (Å²) in [5, 5.41) is 8.14. The monoisotopic (exact) mass is 403 g/mol. The second-order valence-electron chi connectivity index (χ2n) is 3.97. The Morgan fingerprint density at radius 1 is 1.32 bits per heavy atom. The van der Waals surface area contributed by atoms with Crippen LogP contribution in [0.2, 0.25) is 0 Å². The second-order valence-corrected chi connectivity index (χ2v) is 7.02. The van der Waals surface area contributed by atoms with Gasteiger partial charge in [0.05, 0.1) is 12.8 Å². The number of alkyl halides is 4. The molecule has 1 amide bonds. The maximum Gasteiger partial charge on any atom is 0.236 e. The number of carbonyl (C=O) groups excluding carboxylic acids is 1. The number of hydrogen-bond donors (Lipinski definition) is 3. The minimum Gasteiger partial charge on any atom is -0.495 e. The average molecular weight is 405 g/mol. The molecular formula is C12H13Cl4N3O2S. The lowest BCUT2D eigenvalue weighted by atomic mass is 10.3. The summed E-state index contributed by atoms with van der Waals surface area (Å²) in [6.07, 6.45) is -1.06. The van der Waals surface area contributed by atoms with Gasteiger partial charge in [0.15, 0.2) is 5.11 Å². The van der Waals surface area contributed by atoms with Crippen LogP contribution in [0.3, 0.4) is 0 Å². The fraction of sp³-hybridized carbons (Fsp3) is 0.333. The van der Waals surface area contributed by atoms with Gasteiger partial charge in [-0.1, -0.05) is 46.9 Å². The van der Waals surface area contributed by atoms with Crippen molar-refractivity contribution in [1.82, 2.24) is 10.6 Å². The van der Waals surface area contributed by atoms with E-state index in [1.54, 1.807) is 18.2 Å². The number of amides is 1. The van der Waals surface area contributed by atoms with Gasteiger partial charge in [-0.3, -0.25) is 4.79 Å². The third-order valence-corrected chi connectivity index (χ3v) is 3.50. The Kier molecular flexibility index (Phi) is 7.79. The van der Waals surface area contributed by atoms with Crippen LogP contribution in [0.25, 0.3) is 0 Å². The van der Waals surface area contributed by atoms with Crippen LogP contribution in [0, 0.1) is 0 Å². The molecule has 1 aromatic rings. The van der Waals surface area contributed by atoms with Gasteiger partial charge in [-0.25, -0.2) is 0 Å². The van der Waals surface area contributed by atoms with Crippen molar-refractivity contribution in [2.24, 2.45) is 0 Å². The Balaban J connectivity index is 2.77. The summed E-state index contributed by atoms with van der Waals surface area (Å²) in [6, 6.07) is 7.13. The first-order chi connectivity index (χ1) is 10.3. The molecule has 0 spiro atoms. The molecule has 0 bridgehead atoms. The summed E-state index contributed by atoms with van der Waals surface area (Å²) < 4.78 is 3.36. The van der Waals surface area contributed by atoms with E-state index in [9.17, 15) is 4.79 Å². The molecule has 0 aliphatic rings. The van der Waals surface area contributed by atoms with Crippen molar-refractivity contribution >= 4 is 75.3 Å². The zero-order valence-electron chi connectivity index (χ0n) is 11.3. The summed E-state index contributed by atoms with van der Waals surface area (Å²) in [5.74, 6) is -0.196. The molecule has 0 radical (unpaired) electrons. The molecule has 122 valence electrons. The standard InChI is InChI=1S/C12H13Cl4N3O2S/c1-21-8-5-3-2-4-7(8)17-11(22)19-10(12(14,15)16)18-9(20)6-13/h2-5,10H,6H2,1H3,(H,18,20)(H2,17,19,22)/t10-/m0/s1. The van der Waals surface area contributed by atoms with Gasteiger partial charge < -0.3 is 20.7 Å². The Hall–Kier alpha value is -0.660. The fourth-order valence-electron chi connectivity index (χ4n) is 1.44. The molecule has 3 N–H and O–H groups in total. The molecule has 0 fully saturated rings. The average Bonchev–Trinajstić information content (AvgIpc) is 2.45. The smallest absolute Gasteiger partial charge is 0.236 e. The van der Waals surface area contributed by atoms with Crippen molar-refractivity contribution in [3.05, 3.63) is 24.3 Å². The van der Waals surface area contributed by atoms with Crippen molar-refractivity contribution in [3.8, 4) is 5.75 Å². The first-order valence-electron chi connectivity index (χ1n) is 5.90. The fourth-order valence-corrected chi connectivity index (χ4v) is 2.07. The largest absolute Gasteiger partial charge is 0.495 e. The lowest BCUT2D eigenvalue weighted by Crippen LogP contribution is -2.56. The number of hydrogen-bond acceptors (Lipinski definition) is 3. The van der Waals surface area contributed by atoms with E-state index in [2.05, 4.69) is 16.0 Å². The number of anilines is 1. The Bertz CT molecular complexity index is 539. The highest BCUT2D eigenvalue weighted by Gasteiger charge is 2.34. The van der Waals surface area contributed by atoms with Gasteiger partial charge in [-0.15, -0.1) is 11.6 Å². The van der Waals surface area contributed by atoms with Gasteiger partial charge in [0.25, 0.3) is 0 Å². The number of ether oxygens (including phenoxy) is 1. The number of carbonyl (C=O) groups is 1. The number of nitrogens with one attached hydrogen (secondary N) is 3. The molecule has 1 rings (SSSR count). The minimum absolute atomic E-state index is 0.135. The highest BCUT2D eigenvalue weighted by Crippen LogP contribution is 2.29. The summed E-state index contributed by atoms with van der Waals surface area (Å²) >= 11 is 28.0. The minimum atomic E-state index is -1.83. The zero-order valence-corrected chi connectivity index (χ0v) is 15.2. The van der Waals surface area contributed by atoms with E-state index in [0.717, 1.165) is 0 Å². The third-order valence-electron chi connectivity index (χ3n) is 2.38. The predicted molar refractivity (Wildman–Crippen MR) is 95.3 cm³/mol. The molecule has 0 unspecified atom stereocenters. The van der Waals surface area contributed by atoms with Crippen molar-refractivity contribution in [2.45, 2.75) is 9.96 Å². The van der Waals surface area contributed by atoms with Gasteiger partial charge in [0.2, 0.25) is 9.70 Å². The van der Waals surface area contributed by atoms with Crippen molar-refractivity contribution in [3.63, 3.8) is 0 Å². The molecule has 0 aliphatic heterocycles. The van der Waals surface area contributed by atoms with Crippen molar-refractivity contribution in [1.29, 1.82) is 0 Å². The van der Waals surface area contributed by atoms with Crippen molar-refractivity contribution < 1.29 is 9.53 Å². The molecule has 10 heteroatoms. The van der Waals surface area contributed by atoms with Crippen LogP contribution in [-0.4, -0.2) is 34.0 Å². The van der Waals surface area contributed by atoms with Crippen LogP contribution in [0.4, 0.5) is 5.69 Å². The van der Waals surface area contributed by atoms with E-state index in [1.807, 2.05) is 6.07 Å². The summed E-state index contributed by atoms with van der Waals surface area (Å²) in [7, 11) is 1.53. The van der Waals surface area contributed by atoms with Gasteiger partial charge in [-0.2, -0.15) is 0 Å². The van der Waals surface area contributed by atoms with Gasteiger partial charge in [0.1, 0.15) is 17.8 Å². The summed E-state index contributed by atoms with van der Waals surface area (Å²) in [4.78, 5) is 11.4. The number of para-hydroxylation sites is 2. The number of methoxy groups -OCH3 is 1. The normalized spacial score (nSPS) is 12.2. The SMILES string of the molecule is COc1ccccc1NC(=S)N[C@H](NC(=O)CCl)C(Cl)(Cl)Cl. The van der Waals surface area contributed by atoms with E-state index in [4.69, 9.17) is 63.4 Å². The first-order valence-corrected chi connectivity index (χ1v) is 7.98. The van der Waals surface area contributed by atoms with Gasteiger partial charge in [0, 0.05) is 0 Å². The third kappa shape index (κ3) is 6.22. The van der Waals surface area contributed by atoms with E-state index in [-0.39, 0.29) is 11.0 Å². The van der Waals surface area contributed by atoms with Gasteiger partial charge >= 0.3 is 0 Å². The Labute approximate surface area is 153 Å². The van der Waals surface area contributed by atoms with Crippen LogP contribution in [0.1, 0.15) is 0 Å². The number of benzene rings is 1. The molecule has 1 aromatic carbocycles. The number of halogens is 4. The van der Waals surface area contributed by atoms with Crippen molar-refractivity contribution in [2.75, 3.05) is 18.3 Å². The van der Waals surface area contributed by atoms with Crippen LogP contribution in [-0.2, 0) is 4.79 Å². The summed E-state index contributed by atoms with van der Waals surface area (Å²) in [5.41, 5.74) is 0.620. The van der Waals surface area contributed by atoms with E-state index in [0.29, 0.717) is 11.4 Å². The lowest BCUT2D eigenvalue weighted by molar-refractivity contribution is -0.119. The predicted octanol–water partition coefficient (Wildman–Crippen LogP) is 3.03. The quantitative estimate of drug-likeness (QED) is 0.400. The molecule has 0 heterocycles. The first kappa shape index (κ1) is 19.4. The maximum atomic E-state index is 11.4. The van der Waals surface area contributed by atoms with Crippen LogP contribution in [0.15, 0.2) is 24.3 Å². The van der Waals surface area contributed by atoms with E-state index >= 15 is 0 Å². The zero-order chi connectivity index (χ0) is 16.8. The highest BCUT2D eigenvalue weighted by atomic mass is 35.6. The molecule has 22 heavy (non-hydrogen) atoms. The maximum absolute atomic E-state index is 11.4. The number of rotatable bonds is 5. The Morgan fingerprint density at radius 2 is 1.95 bits per heavy atom. The molecule has 0 saturated carbocycles. The van der Waals surface area contributed by atoms with Gasteiger partial charge in [-0.05, 0) is 24.4 Å². The summed E-state index contributed by atoms with van der Waals surface area (Å²) in [6.45, 7) is 0. The van der Waals surface area contributed by atoms with Crippen LogP contribution in [0.5, 0.6) is 5.75 Å². The Morgan fingerprint density at radius 3 is 2.50 bits per heavy atom. The van der Waals surface area contributed by atoms with E-state index in [1.165, 1.54) is 7.11 Å². The molecule has 1 atom stereocenters. The van der Waals surface area contributed by atoms with Crippen LogP contribution < -0.4 is 20.7 Å². The molecule has 0 aromatic heterocycles. The molecule has 0 saturated heterocycles. The lowest BCUT2D eigenvalue weighted by Gasteiger charge is -2.27. The topological polar surface area (TPSA) is 62.4 Å². The second kappa shape index (κ2) is 8.84. The highest BCUT2D eigenvalue weighted by molar-refractivity contribution is 7.80. The number of thiocarbonyl (C=S) groups is 1. The van der Waals surface area contributed by atoms with Crippen LogP contribution >= 0.6 is 58.6 Å². The molecular weight excluding hydrogens is 392 g/mol. The molecule has 5 nitrogen and oxygen atoms in total. The van der Waals surface area contributed by atoms with E-state index < -0.39 is 15.9 Å².